The number of hydrogen-bond acceptors (Lipinski definition) is 6. The molecule has 30 heavy (non-hydrogen) atoms. The molecule has 4 rings (SSSR count). The van der Waals surface area contributed by atoms with Crippen LogP contribution in [0, 0.1) is 26.6 Å². The van der Waals surface area contributed by atoms with E-state index in [0.29, 0.717) is 34.5 Å². The van der Waals surface area contributed by atoms with Crippen LogP contribution in [0.3, 0.4) is 0 Å². The summed E-state index contributed by atoms with van der Waals surface area (Å²) in [7, 11) is 0. The lowest BCUT2D eigenvalue weighted by Gasteiger charge is -2.08. The smallest absolute Gasteiger partial charge is 0.294 e. The predicted octanol–water partition coefficient (Wildman–Crippen LogP) is 4.51. The zero-order valence-corrected chi connectivity index (χ0v) is 16.6. The van der Waals surface area contributed by atoms with E-state index in [1.807, 2.05) is 19.9 Å². The molecule has 8 heteroatoms. The van der Waals surface area contributed by atoms with Crippen LogP contribution in [0.25, 0.3) is 22.8 Å². The summed E-state index contributed by atoms with van der Waals surface area (Å²) >= 11 is 0. The van der Waals surface area contributed by atoms with Gasteiger partial charge in [-0.15, -0.1) is 0 Å². The van der Waals surface area contributed by atoms with Gasteiger partial charge in [0.2, 0.25) is 5.76 Å². The van der Waals surface area contributed by atoms with E-state index in [2.05, 4.69) is 25.3 Å². The van der Waals surface area contributed by atoms with E-state index in [1.54, 1.807) is 37.5 Å². The number of pyridine rings is 1. The van der Waals surface area contributed by atoms with Crippen LogP contribution in [0.5, 0.6) is 0 Å². The lowest BCUT2D eigenvalue weighted by Crippen LogP contribution is -2.14. The molecular weight excluding hydrogens is 385 g/mol. The molecule has 0 saturated heterocycles. The Morgan fingerprint density at radius 2 is 1.67 bits per heavy atom. The molecule has 0 atom stereocenters. The third kappa shape index (κ3) is 3.80. The van der Waals surface area contributed by atoms with E-state index in [0.717, 1.165) is 11.1 Å². The quantitative estimate of drug-likeness (QED) is 0.539. The Morgan fingerprint density at radius 1 is 0.933 bits per heavy atom. The number of carbonyl (C=O) groups excluding carboxylic acids is 1. The number of rotatable bonds is 4. The second-order valence-electron chi connectivity index (χ2n) is 6.74. The number of halogens is 1. The number of nitrogens with zero attached hydrogens (tertiary/aromatic N) is 4. The minimum Gasteiger partial charge on any atom is -0.435 e. The summed E-state index contributed by atoms with van der Waals surface area (Å²) < 4.78 is 18.8. The van der Waals surface area contributed by atoms with Gasteiger partial charge in [-0.25, -0.2) is 19.3 Å². The molecule has 150 valence electrons. The molecule has 0 bridgehead atoms. The maximum atomic E-state index is 13.2. The van der Waals surface area contributed by atoms with Crippen LogP contribution in [0.4, 0.5) is 10.2 Å². The first-order valence-electron chi connectivity index (χ1n) is 9.22. The molecule has 1 N–H and O–H groups in total. The van der Waals surface area contributed by atoms with Crippen molar-refractivity contribution in [2.75, 3.05) is 5.32 Å². The number of nitrogens with one attached hydrogen (secondary N) is 1. The fraction of sp³-hybridized carbons (Fsp3) is 0.136. The Bertz CT molecular complexity index is 1230. The number of oxazole rings is 1. The largest absolute Gasteiger partial charge is 0.435 e. The van der Waals surface area contributed by atoms with Crippen molar-refractivity contribution in [3.63, 3.8) is 0 Å². The van der Waals surface area contributed by atoms with Gasteiger partial charge in [0.15, 0.2) is 11.7 Å². The van der Waals surface area contributed by atoms with Gasteiger partial charge >= 0.3 is 0 Å². The molecule has 3 aromatic heterocycles. The molecule has 0 spiro atoms. The highest BCUT2D eigenvalue weighted by molar-refractivity contribution is 6.05. The third-order valence-electron chi connectivity index (χ3n) is 4.64. The fourth-order valence-electron chi connectivity index (χ4n) is 2.96. The maximum Gasteiger partial charge on any atom is 0.294 e. The standard InChI is InChI=1S/C22H18FN5O2/c1-12-8-10-24-18(13(12)2)21-25-11-9-17(27-21)28-22(29)20-19(26-14(3)30-20)15-4-6-16(23)7-5-15/h4-11H,1-3H3,(H,25,27,28,29). The van der Waals surface area contributed by atoms with Gasteiger partial charge in [0.05, 0.1) is 0 Å². The van der Waals surface area contributed by atoms with E-state index >= 15 is 0 Å². The minimum atomic E-state index is -0.520. The number of hydrogen-bond donors (Lipinski definition) is 1. The van der Waals surface area contributed by atoms with Gasteiger partial charge in [0, 0.05) is 24.9 Å². The lowest BCUT2D eigenvalue weighted by molar-refractivity contribution is 0.0996. The van der Waals surface area contributed by atoms with E-state index in [-0.39, 0.29) is 11.6 Å². The van der Waals surface area contributed by atoms with Crippen LogP contribution in [0.1, 0.15) is 27.6 Å². The van der Waals surface area contributed by atoms with E-state index in [4.69, 9.17) is 4.42 Å². The summed E-state index contributed by atoms with van der Waals surface area (Å²) in [5.74, 6) is 0.145. The Hall–Kier alpha value is -3.94. The van der Waals surface area contributed by atoms with Crippen LogP contribution >= 0.6 is 0 Å². The van der Waals surface area contributed by atoms with E-state index in [9.17, 15) is 9.18 Å². The van der Waals surface area contributed by atoms with E-state index < -0.39 is 5.91 Å². The number of benzene rings is 1. The highest BCUT2D eigenvalue weighted by Gasteiger charge is 2.21. The summed E-state index contributed by atoms with van der Waals surface area (Å²) in [5, 5.41) is 2.71. The molecule has 0 aliphatic heterocycles. The molecule has 1 aromatic carbocycles. The van der Waals surface area contributed by atoms with Gasteiger partial charge in [-0.3, -0.25) is 9.78 Å². The zero-order chi connectivity index (χ0) is 21.3. The van der Waals surface area contributed by atoms with Gasteiger partial charge in [-0.2, -0.15) is 0 Å². The minimum absolute atomic E-state index is 0.0177. The molecular formula is C22H18FN5O2. The first-order valence-corrected chi connectivity index (χ1v) is 9.22. The molecule has 1 amide bonds. The Labute approximate surface area is 172 Å². The van der Waals surface area contributed by atoms with Crippen molar-refractivity contribution in [3.8, 4) is 22.8 Å². The van der Waals surface area contributed by atoms with Crippen LogP contribution in [-0.4, -0.2) is 25.8 Å². The highest BCUT2D eigenvalue weighted by Crippen LogP contribution is 2.25. The normalized spacial score (nSPS) is 10.8. The maximum absolute atomic E-state index is 13.2. The van der Waals surface area contributed by atoms with Crippen molar-refractivity contribution in [2.45, 2.75) is 20.8 Å². The second kappa shape index (κ2) is 7.82. The van der Waals surface area contributed by atoms with Crippen LogP contribution in [0.15, 0.2) is 53.2 Å². The predicted molar refractivity (Wildman–Crippen MR) is 109 cm³/mol. The molecule has 3 heterocycles. The van der Waals surface area contributed by atoms with E-state index in [1.165, 1.54) is 12.1 Å². The molecule has 0 aliphatic rings. The average molecular weight is 403 g/mol. The Kier molecular flexibility index (Phi) is 5.05. The van der Waals surface area contributed by atoms with Crippen LogP contribution in [0.2, 0.25) is 0 Å². The van der Waals surface area contributed by atoms with Gasteiger partial charge in [-0.1, -0.05) is 0 Å². The first-order chi connectivity index (χ1) is 14.4. The summed E-state index contributed by atoms with van der Waals surface area (Å²) in [4.78, 5) is 30.2. The Balaban J connectivity index is 1.64. The summed E-state index contributed by atoms with van der Waals surface area (Å²) in [5.41, 5.74) is 3.58. The number of carbonyl (C=O) groups is 1. The first kappa shape index (κ1) is 19.4. The van der Waals surface area contributed by atoms with Crippen molar-refractivity contribution in [1.82, 2.24) is 19.9 Å². The van der Waals surface area contributed by atoms with Crippen LogP contribution < -0.4 is 5.32 Å². The second-order valence-corrected chi connectivity index (χ2v) is 6.74. The van der Waals surface area contributed by atoms with Crippen molar-refractivity contribution in [2.24, 2.45) is 0 Å². The van der Waals surface area contributed by atoms with Gasteiger partial charge in [0.25, 0.3) is 5.91 Å². The number of aryl methyl sites for hydroxylation is 2. The van der Waals surface area contributed by atoms with Crippen LogP contribution in [-0.2, 0) is 0 Å². The Morgan fingerprint density at radius 3 is 2.43 bits per heavy atom. The van der Waals surface area contributed by atoms with Crippen molar-refractivity contribution >= 4 is 11.7 Å². The molecule has 0 radical (unpaired) electrons. The molecule has 0 fully saturated rings. The summed E-state index contributed by atoms with van der Waals surface area (Å²) in [6.07, 6.45) is 3.24. The SMILES string of the molecule is Cc1nc(-c2ccc(F)cc2)c(C(=O)Nc2ccnc(-c3nccc(C)c3C)n2)o1. The molecule has 0 unspecified atom stereocenters. The zero-order valence-electron chi connectivity index (χ0n) is 16.6. The number of amides is 1. The molecule has 4 aromatic rings. The molecule has 0 aliphatic carbocycles. The fourth-order valence-corrected chi connectivity index (χ4v) is 2.96. The summed E-state index contributed by atoms with van der Waals surface area (Å²) in [6.45, 7) is 5.56. The lowest BCUT2D eigenvalue weighted by atomic mass is 10.1. The van der Waals surface area contributed by atoms with Crippen molar-refractivity contribution in [1.29, 1.82) is 0 Å². The van der Waals surface area contributed by atoms with Gasteiger partial charge < -0.3 is 9.73 Å². The third-order valence-corrected chi connectivity index (χ3v) is 4.64. The number of anilines is 1. The molecule has 7 nitrogen and oxygen atoms in total. The monoisotopic (exact) mass is 403 g/mol. The average Bonchev–Trinajstić information content (AvgIpc) is 3.13. The summed E-state index contributed by atoms with van der Waals surface area (Å²) in [6, 6.07) is 9.17. The van der Waals surface area contributed by atoms with Crippen molar-refractivity contribution < 1.29 is 13.6 Å². The topological polar surface area (TPSA) is 93.8 Å². The van der Waals surface area contributed by atoms with Gasteiger partial charge in [-0.05, 0) is 61.4 Å². The highest BCUT2D eigenvalue weighted by atomic mass is 19.1. The molecule has 0 saturated carbocycles. The van der Waals surface area contributed by atoms with Crippen molar-refractivity contribution in [3.05, 3.63) is 77.4 Å². The number of aromatic nitrogens is 4. The van der Waals surface area contributed by atoms with Gasteiger partial charge in [0.1, 0.15) is 23.0 Å².